The Morgan fingerprint density at radius 2 is 1.82 bits per heavy atom. The van der Waals surface area contributed by atoms with Gasteiger partial charge in [-0.2, -0.15) is 9.97 Å². The van der Waals surface area contributed by atoms with E-state index in [1.54, 1.807) is 31.2 Å². The van der Waals surface area contributed by atoms with Crippen molar-refractivity contribution in [1.29, 1.82) is 10.8 Å². The number of imidazole rings is 1. The molecule has 13 heteroatoms. The minimum atomic E-state index is -1.27. The number of aromatic nitrogens is 4. The maximum Gasteiger partial charge on any atom is 0.336 e. The van der Waals surface area contributed by atoms with Crippen LogP contribution in [0.3, 0.4) is 0 Å². The molecule has 34 heavy (non-hydrogen) atoms. The third-order valence-electron chi connectivity index (χ3n) is 4.49. The van der Waals surface area contributed by atoms with Crippen molar-refractivity contribution < 1.29 is 19.4 Å². The molecule has 2 heterocycles. The number of hydrogen-bond donors (Lipinski definition) is 7. The Morgan fingerprint density at radius 3 is 2.53 bits per heavy atom. The minimum absolute atomic E-state index is 0.00766. The van der Waals surface area contributed by atoms with Gasteiger partial charge < -0.3 is 36.3 Å². The molecular formula is C21H19N9O4. The van der Waals surface area contributed by atoms with E-state index < -0.39 is 5.97 Å². The van der Waals surface area contributed by atoms with Gasteiger partial charge in [0.05, 0.1) is 11.3 Å². The first-order valence-corrected chi connectivity index (χ1v) is 9.73. The second-order valence-corrected chi connectivity index (χ2v) is 7.00. The van der Waals surface area contributed by atoms with Crippen LogP contribution in [0, 0.1) is 17.7 Å². The summed E-state index contributed by atoms with van der Waals surface area (Å²) in [6, 6.07) is 10.7. The Labute approximate surface area is 191 Å². The van der Waals surface area contributed by atoms with Crippen molar-refractivity contribution in [2.45, 2.75) is 6.92 Å². The number of carbonyl (C=O) groups is 1. The van der Waals surface area contributed by atoms with Crippen molar-refractivity contribution >= 4 is 34.6 Å². The predicted molar refractivity (Wildman–Crippen MR) is 123 cm³/mol. The molecule has 9 N–H and O–H groups in total. The van der Waals surface area contributed by atoms with Gasteiger partial charge in [0.2, 0.25) is 0 Å². The van der Waals surface area contributed by atoms with E-state index in [4.69, 9.17) is 31.8 Å². The Balaban J connectivity index is 1.75. The molecular weight excluding hydrogens is 442 g/mol. The topological polar surface area (TPSA) is 222 Å². The Kier molecular flexibility index (Phi) is 5.66. The van der Waals surface area contributed by atoms with Gasteiger partial charge in [-0.25, -0.2) is 9.78 Å². The number of carboxylic acid groups (broad SMARTS) is 1. The van der Waals surface area contributed by atoms with E-state index in [1.807, 2.05) is 0 Å². The summed E-state index contributed by atoms with van der Waals surface area (Å²) in [4.78, 5) is 27.5. The molecule has 13 nitrogen and oxygen atoms in total. The van der Waals surface area contributed by atoms with Crippen molar-refractivity contribution in [2.24, 2.45) is 11.5 Å². The number of amidine groups is 1. The van der Waals surface area contributed by atoms with Gasteiger partial charge in [0.15, 0.2) is 22.9 Å². The molecule has 0 aliphatic rings. The van der Waals surface area contributed by atoms with Gasteiger partial charge in [-0.05, 0) is 37.3 Å². The van der Waals surface area contributed by atoms with Gasteiger partial charge in [0, 0.05) is 5.56 Å². The van der Waals surface area contributed by atoms with E-state index in [0.717, 1.165) is 0 Å². The molecule has 0 atom stereocenters. The molecule has 0 saturated carbocycles. The molecule has 0 radical (unpaired) electrons. The summed E-state index contributed by atoms with van der Waals surface area (Å²) < 4.78 is 11.7. The molecule has 0 aliphatic heterocycles. The van der Waals surface area contributed by atoms with Crippen LogP contribution in [-0.4, -0.2) is 42.8 Å². The minimum Gasteiger partial charge on any atom is -0.478 e. The van der Waals surface area contributed by atoms with Crippen LogP contribution >= 0.6 is 0 Å². The standard InChI is InChI=1S/C21H19N9O4/c1-9-26-15-17(27-9)29-21(34-14-5-3-2-4-13(14)28-20(24)25)30-18(15)33-10-6-7-11(16(22)23)12(8-10)19(31)32/h2-8H,1H3,(H3,22,23)(H,31,32)(H4,24,25,28)(H,26,27,29,30). The Morgan fingerprint density at radius 1 is 1.06 bits per heavy atom. The largest absolute Gasteiger partial charge is 0.478 e. The normalized spacial score (nSPS) is 10.6. The number of benzene rings is 2. The smallest absolute Gasteiger partial charge is 0.336 e. The van der Waals surface area contributed by atoms with Crippen molar-refractivity contribution in [1.82, 2.24) is 19.9 Å². The number of nitrogens with one attached hydrogen (secondary N) is 4. The highest BCUT2D eigenvalue weighted by Gasteiger charge is 2.19. The van der Waals surface area contributed by atoms with Crippen molar-refractivity contribution in [2.75, 3.05) is 5.32 Å². The second-order valence-electron chi connectivity index (χ2n) is 7.00. The Bertz CT molecular complexity index is 1450. The van der Waals surface area contributed by atoms with Crippen molar-refractivity contribution in [3.63, 3.8) is 0 Å². The number of nitrogens with two attached hydrogens (primary N) is 2. The number of fused-ring (bicyclic) bond motifs is 1. The van der Waals surface area contributed by atoms with Crippen LogP contribution in [0.2, 0.25) is 0 Å². The Hall–Kier alpha value is -5.20. The fraction of sp³-hybridized carbons (Fsp3) is 0.0476. The van der Waals surface area contributed by atoms with Crippen LogP contribution in [-0.2, 0) is 0 Å². The van der Waals surface area contributed by atoms with Crippen LogP contribution in [0.5, 0.6) is 23.4 Å². The maximum absolute atomic E-state index is 11.6. The van der Waals surface area contributed by atoms with Crippen molar-refractivity contribution in [3.8, 4) is 23.4 Å². The number of nitrogens with zero attached hydrogens (tertiary/aromatic N) is 3. The summed E-state index contributed by atoms with van der Waals surface area (Å²) in [7, 11) is 0. The monoisotopic (exact) mass is 461 g/mol. The summed E-state index contributed by atoms with van der Waals surface area (Å²) in [5.74, 6) is -0.936. The zero-order valence-corrected chi connectivity index (χ0v) is 17.7. The predicted octanol–water partition coefficient (Wildman–Crippen LogP) is 2.53. The number of guanidine groups is 1. The van der Waals surface area contributed by atoms with Gasteiger partial charge in [-0.15, -0.1) is 0 Å². The summed E-state index contributed by atoms with van der Waals surface area (Å²) in [5.41, 5.74) is 11.8. The lowest BCUT2D eigenvalue weighted by Gasteiger charge is -2.12. The quantitative estimate of drug-likeness (QED) is 0.157. The van der Waals surface area contributed by atoms with E-state index in [0.29, 0.717) is 28.4 Å². The number of hydrogen-bond acceptors (Lipinski definition) is 8. The summed E-state index contributed by atoms with van der Waals surface area (Å²) in [6.45, 7) is 1.72. The highest BCUT2D eigenvalue weighted by molar-refractivity contribution is 6.05. The first-order valence-electron chi connectivity index (χ1n) is 9.73. The number of aryl methyl sites for hydroxylation is 1. The summed E-state index contributed by atoms with van der Waals surface area (Å²) in [6.07, 6.45) is 0. The zero-order chi connectivity index (χ0) is 24.4. The SMILES string of the molecule is Cc1nc2c(Oc3ccc(C(=N)N)c(C(=O)O)c3)nc(Oc3ccccc3NC(=N)N)nc2[nH]1. The van der Waals surface area contributed by atoms with Gasteiger partial charge in [-0.3, -0.25) is 10.8 Å². The van der Waals surface area contributed by atoms with E-state index >= 15 is 0 Å². The molecule has 0 saturated heterocycles. The third-order valence-corrected chi connectivity index (χ3v) is 4.49. The van der Waals surface area contributed by atoms with Gasteiger partial charge in [0.25, 0.3) is 5.88 Å². The number of anilines is 1. The van der Waals surface area contributed by atoms with E-state index in [9.17, 15) is 9.90 Å². The maximum atomic E-state index is 11.6. The lowest BCUT2D eigenvalue weighted by molar-refractivity contribution is 0.0696. The number of H-pyrrole nitrogens is 1. The molecule has 0 unspecified atom stereocenters. The van der Waals surface area contributed by atoms with Gasteiger partial charge in [0.1, 0.15) is 17.4 Å². The van der Waals surface area contributed by atoms with Crippen LogP contribution in [0.15, 0.2) is 42.5 Å². The lowest BCUT2D eigenvalue weighted by atomic mass is 10.1. The fourth-order valence-corrected chi connectivity index (χ4v) is 3.10. The molecule has 0 bridgehead atoms. The van der Waals surface area contributed by atoms with Gasteiger partial charge >= 0.3 is 12.0 Å². The first kappa shape index (κ1) is 22.0. The number of nitrogen functional groups attached to an aromatic ring is 1. The molecule has 172 valence electrons. The highest BCUT2D eigenvalue weighted by atomic mass is 16.5. The van der Waals surface area contributed by atoms with E-state index in [-0.39, 0.29) is 40.6 Å². The molecule has 2 aromatic heterocycles. The summed E-state index contributed by atoms with van der Waals surface area (Å²) >= 11 is 0. The summed E-state index contributed by atoms with van der Waals surface area (Å²) in [5, 5.41) is 27.2. The van der Waals surface area contributed by atoms with Crippen LogP contribution in [0.4, 0.5) is 5.69 Å². The first-order chi connectivity index (χ1) is 16.2. The van der Waals surface area contributed by atoms with E-state index in [2.05, 4.69) is 25.3 Å². The van der Waals surface area contributed by atoms with Crippen LogP contribution < -0.4 is 26.3 Å². The fourth-order valence-electron chi connectivity index (χ4n) is 3.10. The zero-order valence-electron chi connectivity index (χ0n) is 17.7. The highest BCUT2D eigenvalue weighted by Crippen LogP contribution is 2.32. The third kappa shape index (κ3) is 4.52. The molecule has 2 aromatic carbocycles. The second kappa shape index (κ2) is 8.74. The molecule has 0 amide bonds. The van der Waals surface area contributed by atoms with Crippen molar-refractivity contribution in [3.05, 3.63) is 59.4 Å². The molecule has 0 fully saturated rings. The lowest BCUT2D eigenvalue weighted by Crippen LogP contribution is -2.20. The van der Waals surface area contributed by atoms with Gasteiger partial charge in [-0.1, -0.05) is 12.1 Å². The number of rotatable bonds is 7. The number of ether oxygens (including phenoxy) is 2. The number of carboxylic acids is 1. The molecule has 0 spiro atoms. The van der Waals surface area contributed by atoms with E-state index in [1.165, 1.54) is 18.2 Å². The van der Waals surface area contributed by atoms with Crippen LogP contribution in [0.1, 0.15) is 21.7 Å². The number of aromatic carboxylic acids is 1. The molecule has 0 aliphatic carbocycles. The average molecular weight is 461 g/mol. The number of para-hydroxylation sites is 2. The average Bonchev–Trinajstić information content (AvgIpc) is 3.15. The number of aromatic amines is 1. The molecule has 4 rings (SSSR count). The van der Waals surface area contributed by atoms with Crippen LogP contribution in [0.25, 0.3) is 11.2 Å². The molecule has 4 aromatic rings.